The number of aromatic nitrogens is 3. The fourth-order valence-corrected chi connectivity index (χ4v) is 1.79. The number of nitrogens with one attached hydrogen (secondary N) is 1. The number of hydrogen-bond donors (Lipinski definition) is 2. The lowest BCUT2D eigenvalue weighted by molar-refractivity contribution is 0.0948. The zero-order chi connectivity index (χ0) is 15.2. The maximum Gasteiger partial charge on any atom is 0.287 e. The second kappa shape index (κ2) is 6.85. The van der Waals surface area contributed by atoms with Crippen LogP contribution >= 0.6 is 0 Å². The van der Waals surface area contributed by atoms with Crippen molar-refractivity contribution in [3.05, 3.63) is 41.7 Å². The van der Waals surface area contributed by atoms with Gasteiger partial charge in [0.1, 0.15) is 12.4 Å². The number of nitrogens with zero attached hydrogens (tertiary/aromatic N) is 3. The maximum absolute atomic E-state index is 11.2. The lowest BCUT2D eigenvalue weighted by Gasteiger charge is -2.08. The minimum atomic E-state index is -0.466. The number of rotatable bonds is 6. The van der Waals surface area contributed by atoms with Crippen LogP contribution in [0.4, 0.5) is 0 Å². The first-order valence-electron chi connectivity index (χ1n) is 6.74. The Balaban J connectivity index is 1.83. The van der Waals surface area contributed by atoms with Crippen LogP contribution < -0.4 is 16.0 Å². The zero-order valence-electron chi connectivity index (χ0n) is 12.1. The fourth-order valence-electron chi connectivity index (χ4n) is 1.79. The van der Waals surface area contributed by atoms with Crippen LogP contribution in [-0.2, 0) is 6.54 Å². The molecule has 7 heteroatoms. The maximum atomic E-state index is 11.2. The molecule has 0 saturated heterocycles. The standard InChI is InChI=1S/C14H19N5O2/c1-10(2)11-3-5-12(6-4-11)21-8-7-19-9-13(17-18-19)14(20)16-15/h3-6,9-10H,7-8,15H2,1-2H3,(H,16,20). The molecule has 2 rings (SSSR count). The van der Waals surface area contributed by atoms with Crippen LogP contribution in [0.5, 0.6) is 5.75 Å². The van der Waals surface area contributed by atoms with E-state index in [1.165, 1.54) is 16.4 Å². The van der Waals surface area contributed by atoms with Gasteiger partial charge in [-0.05, 0) is 23.6 Å². The van der Waals surface area contributed by atoms with E-state index in [4.69, 9.17) is 10.6 Å². The SMILES string of the molecule is CC(C)c1ccc(OCCn2cc(C(=O)NN)nn2)cc1. The van der Waals surface area contributed by atoms with Crippen molar-refractivity contribution in [2.24, 2.45) is 5.84 Å². The van der Waals surface area contributed by atoms with Gasteiger partial charge in [-0.25, -0.2) is 10.5 Å². The number of ether oxygens (including phenoxy) is 1. The molecule has 21 heavy (non-hydrogen) atoms. The molecule has 0 saturated carbocycles. The van der Waals surface area contributed by atoms with Crippen molar-refractivity contribution in [2.75, 3.05) is 6.61 Å². The highest BCUT2D eigenvalue weighted by atomic mass is 16.5. The molecule has 0 radical (unpaired) electrons. The van der Waals surface area contributed by atoms with Gasteiger partial charge in [-0.1, -0.05) is 31.2 Å². The summed E-state index contributed by atoms with van der Waals surface area (Å²) in [4.78, 5) is 11.2. The molecule has 0 fully saturated rings. The number of hydrazine groups is 1. The predicted molar refractivity (Wildman–Crippen MR) is 77.7 cm³/mol. The van der Waals surface area contributed by atoms with Crippen molar-refractivity contribution in [1.29, 1.82) is 0 Å². The Bertz CT molecular complexity index is 592. The van der Waals surface area contributed by atoms with Gasteiger partial charge in [0, 0.05) is 0 Å². The Hall–Kier alpha value is -2.41. The van der Waals surface area contributed by atoms with Crippen LogP contribution in [0.3, 0.4) is 0 Å². The molecule has 2 aromatic rings. The molecule has 1 amide bonds. The van der Waals surface area contributed by atoms with Crippen molar-refractivity contribution < 1.29 is 9.53 Å². The van der Waals surface area contributed by atoms with Gasteiger partial charge in [0.05, 0.1) is 12.7 Å². The molecule has 1 aromatic heterocycles. The summed E-state index contributed by atoms with van der Waals surface area (Å²) < 4.78 is 7.16. The van der Waals surface area contributed by atoms with Gasteiger partial charge < -0.3 is 4.74 Å². The first-order chi connectivity index (χ1) is 10.1. The van der Waals surface area contributed by atoms with Gasteiger partial charge in [-0.15, -0.1) is 5.10 Å². The second-order valence-corrected chi connectivity index (χ2v) is 4.91. The number of carbonyl (C=O) groups is 1. The largest absolute Gasteiger partial charge is 0.492 e. The summed E-state index contributed by atoms with van der Waals surface area (Å²) in [7, 11) is 0. The van der Waals surface area contributed by atoms with Gasteiger partial charge in [0.15, 0.2) is 5.69 Å². The van der Waals surface area contributed by atoms with Crippen molar-refractivity contribution in [1.82, 2.24) is 20.4 Å². The molecule has 0 aliphatic carbocycles. The summed E-state index contributed by atoms with van der Waals surface area (Å²) in [6, 6.07) is 8.01. The summed E-state index contributed by atoms with van der Waals surface area (Å²) in [5.41, 5.74) is 3.46. The first-order valence-corrected chi connectivity index (χ1v) is 6.74. The van der Waals surface area contributed by atoms with E-state index in [1.807, 2.05) is 17.6 Å². The highest BCUT2D eigenvalue weighted by Crippen LogP contribution is 2.18. The number of nitrogen functional groups attached to an aromatic ring is 1. The summed E-state index contributed by atoms with van der Waals surface area (Å²) >= 11 is 0. The Morgan fingerprint density at radius 3 is 2.71 bits per heavy atom. The summed E-state index contributed by atoms with van der Waals surface area (Å²) in [5, 5.41) is 7.53. The average Bonchev–Trinajstić information content (AvgIpc) is 2.96. The van der Waals surface area contributed by atoms with E-state index in [0.717, 1.165) is 5.75 Å². The molecule has 1 aromatic carbocycles. The van der Waals surface area contributed by atoms with E-state index in [-0.39, 0.29) is 5.69 Å². The van der Waals surface area contributed by atoms with Gasteiger partial charge in [0.2, 0.25) is 0 Å². The van der Waals surface area contributed by atoms with E-state index in [9.17, 15) is 4.79 Å². The molecule has 0 aliphatic heterocycles. The Morgan fingerprint density at radius 1 is 1.38 bits per heavy atom. The van der Waals surface area contributed by atoms with E-state index in [0.29, 0.717) is 19.1 Å². The van der Waals surface area contributed by atoms with E-state index in [1.54, 1.807) is 0 Å². The highest BCUT2D eigenvalue weighted by Gasteiger charge is 2.08. The molecule has 3 N–H and O–H groups in total. The number of benzene rings is 1. The zero-order valence-corrected chi connectivity index (χ0v) is 12.1. The first kappa shape index (κ1) is 15.0. The second-order valence-electron chi connectivity index (χ2n) is 4.91. The molecule has 7 nitrogen and oxygen atoms in total. The van der Waals surface area contributed by atoms with Crippen LogP contribution in [-0.4, -0.2) is 27.5 Å². The molecule has 112 valence electrons. The van der Waals surface area contributed by atoms with Gasteiger partial charge in [-0.3, -0.25) is 10.2 Å². The van der Waals surface area contributed by atoms with Gasteiger partial charge in [-0.2, -0.15) is 0 Å². The molecular weight excluding hydrogens is 270 g/mol. The smallest absolute Gasteiger partial charge is 0.287 e. The number of hydrogen-bond acceptors (Lipinski definition) is 5. The monoisotopic (exact) mass is 289 g/mol. The average molecular weight is 289 g/mol. The molecule has 0 spiro atoms. The lowest BCUT2D eigenvalue weighted by atomic mass is 10.0. The van der Waals surface area contributed by atoms with Crippen LogP contribution in [0.25, 0.3) is 0 Å². The van der Waals surface area contributed by atoms with Crippen molar-refractivity contribution in [3.8, 4) is 5.75 Å². The highest BCUT2D eigenvalue weighted by molar-refractivity contribution is 5.91. The lowest BCUT2D eigenvalue weighted by Crippen LogP contribution is -2.30. The van der Waals surface area contributed by atoms with Gasteiger partial charge >= 0.3 is 0 Å². The molecule has 0 unspecified atom stereocenters. The van der Waals surface area contributed by atoms with E-state index in [2.05, 4.69) is 36.3 Å². The van der Waals surface area contributed by atoms with Crippen molar-refractivity contribution in [2.45, 2.75) is 26.3 Å². The molecular formula is C14H19N5O2. The van der Waals surface area contributed by atoms with E-state index < -0.39 is 5.91 Å². The Morgan fingerprint density at radius 2 is 2.10 bits per heavy atom. The number of amides is 1. The van der Waals surface area contributed by atoms with Crippen molar-refractivity contribution in [3.63, 3.8) is 0 Å². The third kappa shape index (κ3) is 4.03. The quantitative estimate of drug-likeness (QED) is 0.471. The fraction of sp³-hybridized carbons (Fsp3) is 0.357. The van der Waals surface area contributed by atoms with Crippen LogP contribution in [0, 0.1) is 0 Å². The molecule has 1 heterocycles. The topological polar surface area (TPSA) is 95.1 Å². The van der Waals surface area contributed by atoms with E-state index >= 15 is 0 Å². The third-order valence-electron chi connectivity index (χ3n) is 3.04. The van der Waals surface area contributed by atoms with Crippen LogP contribution in [0.15, 0.2) is 30.5 Å². The Labute approximate surface area is 123 Å². The van der Waals surface area contributed by atoms with Crippen LogP contribution in [0.2, 0.25) is 0 Å². The minimum Gasteiger partial charge on any atom is -0.492 e. The normalized spacial score (nSPS) is 10.7. The third-order valence-corrected chi connectivity index (χ3v) is 3.04. The number of nitrogens with two attached hydrogens (primary N) is 1. The minimum absolute atomic E-state index is 0.179. The summed E-state index contributed by atoms with van der Waals surface area (Å²) in [6.45, 7) is 5.23. The molecule has 0 aliphatic rings. The Kier molecular flexibility index (Phi) is 4.89. The molecule has 0 atom stereocenters. The van der Waals surface area contributed by atoms with Gasteiger partial charge in [0.25, 0.3) is 5.91 Å². The molecule has 0 bridgehead atoms. The van der Waals surface area contributed by atoms with Crippen LogP contribution in [0.1, 0.15) is 35.8 Å². The van der Waals surface area contributed by atoms with Crippen molar-refractivity contribution >= 4 is 5.91 Å². The number of carbonyl (C=O) groups excluding carboxylic acids is 1. The summed E-state index contributed by atoms with van der Waals surface area (Å²) in [5.74, 6) is 5.86. The predicted octanol–water partition coefficient (Wildman–Crippen LogP) is 1.08. The summed E-state index contributed by atoms with van der Waals surface area (Å²) in [6.07, 6.45) is 1.52.